The van der Waals surface area contributed by atoms with Crippen LogP contribution in [0.3, 0.4) is 0 Å². The highest BCUT2D eigenvalue weighted by Crippen LogP contribution is 1.99. The number of carboxylic acids is 2. The van der Waals surface area contributed by atoms with E-state index in [1.165, 1.54) is 6.92 Å². The van der Waals surface area contributed by atoms with Crippen molar-refractivity contribution >= 4 is 11.9 Å². The molecule has 4 nitrogen and oxygen atoms in total. The zero-order valence-corrected chi connectivity index (χ0v) is 5.00. The Balaban J connectivity index is 3.63. The minimum Gasteiger partial charge on any atom is -0.481 e. The van der Waals surface area contributed by atoms with E-state index in [0.717, 1.165) is 0 Å². The van der Waals surface area contributed by atoms with Crippen molar-refractivity contribution in [3.8, 4) is 0 Å². The Hall–Kier alpha value is -1.06. The smallest absolute Gasteiger partial charge is 0.306 e. The summed E-state index contributed by atoms with van der Waals surface area (Å²) in [6.07, 6.45) is -0.310. The van der Waals surface area contributed by atoms with Crippen molar-refractivity contribution in [3.63, 3.8) is 0 Å². The Morgan fingerprint density at radius 1 is 1.44 bits per heavy atom. The summed E-state index contributed by atoms with van der Waals surface area (Å²) in [4.78, 5) is 19.8. The first-order valence-electron chi connectivity index (χ1n) is 2.48. The topological polar surface area (TPSA) is 74.6 Å². The molecule has 0 aromatic heterocycles. The zero-order chi connectivity index (χ0) is 7.44. The fourth-order valence-electron chi connectivity index (χ4n) is 0.349. The predicted octanol–water partition coefficient (Wildman–Crippen LogP) is 0.182. The van der Waals surface area contributed by atoms with Crippen LogP contribution in [0.1, 0.15) is 13.3 Å². The van der Waals surface area contributed by atoms with Crippen LogP contribution in [0.5, 0.6) is 0 Å². The van der Waals surface area contributed by atoms with Crippen LogP contribution < -0.4 is 0 Å². The van der Waals surface area contributed by atoms with Crippen LogP contribution in [-0.2, 0) is 9.59 Å². The minimum atomic E-state index is -1.08. The lowest BCUT2D eigenvalue weighted by Crippen LogP contribution is -2.13. The summed E-state index contributed by atoms with van der Waals surface area (Å²) in [7, 11) is 0. The Bertz CT molecular complexity index is 129. The summed E-state index contributed by atoms with van der Waals surface area (Å²) in [5, 5.41) is 16.2. The molecule has 0 fully saturated rings. The van der Waals surface area contributed by atoms with Crippen LogP contribution in [0.4, 0.5) is 0 Å². The molecule has 0 heterocycles. The van der Waals surface area contributed by atoms with E-state index in [9.17, 15) is 9.59 Å². The summed E-state index contributed by atoms with van der Waals surface area (Å²) in [5.74, 6) is -2.94. The van der Waals surface area contributed by atoms with Gasteiger partial charge in [0.05, 0.1) is 12.3 Å². The van der Waals surface area contributed by atoms with Gasteiger partial charge in [0.2, 0.25) is 0 Å². The van der Waals surface area contributed by atoms with Crippen molar-refractivity contribution < 1.29 is 19.8 Å². The molecule has 0 spiro atoms. The average molecular weight is 134 g/mol. The van der Waals surface area contributed by atoms with Gasteiger partial charge in [-0.25, -0.2) is 0 Å². The standard InChI is InChI=1S/C5H8O4/c1-3(5(8)9)2-4(6)7/h3H,2H2,1H3,(H,6,7)(H,8,9)/i2+1,3+1. The van der Waals surface area contributed by atoms with Gasteiger partial charge >= 0.3 is 11.9 Å². The molecule has 1 atom stereocenters. The first kappa shape index (κ1) is 7.94. The second-order valence-electron chi connectivity index (χ2n) is 1.84. The highest BCUT2D eigenvalue weighted by Gasteiger charge is 2.13. The first-order valence-corrected chi connectivity index (χ1v) is 2.48. The van der Waals surface area contributed by atoms with Gasteiger partial charge in [-0.05, 0) is 0 Å². The van der Waals surface area contributed by atoms with Gasteiger partial charge in [0, 0.05) is 0 Å². The molecular weight excluding hydrogens is 126 g/mol. The Morgan fingerprint density at radius 3 is 2.00 bits per heavy atom. The molecule has 0 rings (SSSR count). The Morgan fingerprint density at radius 2 is 1.89 bits per heavy atom. The molecule has 0 saturated heterocycles. The minimum absolute atomic E-state index is 0.310. The second-order valence-corrected chi connectivity index (χ2v) is 1.84. The third kappa shape index (κ3) is 3.52. The molecule has 0 aromatic carbocycles. The van der Waals surface area contributed by atoms with Gasteiger partial charge in [-0.2, -0.15) is 0 Å². The molecular formula is C5H8O4. The number of aliphatic carboxylic acids is 2. The summed E-state index contributed by atoms with van der Waals surface area (Å²) in [5.41, 5.74) is 0. The SMILES string of the molecule is C[13CH]([13CH2]C(=O)O)C(=O)O. The van der Waals surface area contributed by atoms with Crippen molar-refractivity contribution in [3.05, 3.63) is 0 Å². The molecule has 0 bridgehead atoms. The van der Waals surface area contributed by atoms with Crippen molar-refractivity contribution in [2.45, 2.75) is 13.3 Å². The van der Waals surface area contributed by atoms with Crippen LogP contribution in [0.25, 0.3) is 0 Å². The van der Waals surface area contributed by atoms with Crippen LogP contribution in [0, 0.1) is 5.92 Å². The normalized spacial score (nSPS) is 12.6. The van der Waals surface area contributed by atoms with E-state index in [4.69, 9.17) is 10.2 Å². The highest BCUT2D eigenvalue weighted by molar-refractivity contribution is 5.77. The van der Waals surface area contributed by atoms with Gasteiger partial charge in [0.1, 0.15) is 0 Å². The highest BCUT2D eigenvalue weighted by atomic mass is 16.4. The zero-order valence-electron chi connectivity index (χ0n) is 5.00. The van der Waals surface area contributed by atoms with E-state index in [1.54, 1.807) is 0 Å². The van der Waals surface area contributed by atoms with Gasteiger partial charge in [-0.15, -0.1) is 0 Å². The molecule has 0 aliphatic carbocycles. The van der Waals surface area contributed by atoms with Gasteiger partial charge in [-0.1, -0.05) is 6.92 Å². The van der Waals surface area contributed by atoms with Gasteiger partial charge in [0.15, 0.2) is 0 Å². The molecule has 1 unspecified atom stereocenters. The van der Waals surface area contributed by atoms with Crippen molar-refractivity contribution in [1.82, 2.24) is 0 Å². The summed E-state index contributed by atoms with van der Waals surface area (Å²) >= 11 is 0. The monoisotopic (exact) mass is 134 g/mol. The van der Waals surface area contributed by atoms with Crippen LogP contribution in [-0.4, -0.2) is 22.2 Å². The van der Waals surface area contributed by atoms with Crippen molar-refractivity contribution in [2.24, 2.45) is 5.92 Å². The Labute approximate surface area is 52.1 Å². The van der Waals surface area contributed by atoms with Gasteiger partial charge < -0.3 is 10.2 Å². The van der Waals surface area contributed by atoms with E-state index in [2.05, 4.69) is 0 Å². The molecule has 9 heavy (non-hydrogen) atoms. The number of carboxylic acid groups (broad SMARTS) is 2. The fraction of sp³-hybridized carbons (Fsp3) is 0.600. The molecule has 0 aromatic rings. The van der Waals surface area contributed by atoms with E-state index < -0.39 is 17.9 Å². The summed E-state index contributed by atoms with van der Waals surface area (Å²) in [6.45, 7) is 1.36. The molecule has 0 radical (unpaired) electrons. The summed E-state index contributed by atoms with van der Waals surface area (Å²) in [6, 6.07) is 0. The number of hydrogen-bond donors (Lipinski definition) is 2. The maximum atomic E-state index is 9.97. The number of carbonyl (C=O) groups is 2. The van der Waals surface area contributed by atoms with E-state index in [-0.39, 0.29) is 6.42 Å². The largest absolute Gasteiger partial charge is 0.481 e. The fourth-order valence-corrected chi connectivity index (χ4v) is 0.349. The van der Waals surface area contributed by atoms with E-state index in [1.807, 2.05) is 0 Å². The van der Waals surface area contributed by atoms with Crippen molar-refractivity contribution in [1.29, 1.82) is 0 Å². The average Bonchev–Trinajstić information content (AvgIpc) is 1.63. The molecule has 0 saturated carbocycles. The summed E-state index contributed by atoms with van der Waals surface area (Å²) < 4.78 is 0. The van der Waals surface area contributed by atoms with Gasteiger partial charge in [-0.3, -0.25) is 9.59 Å². The van der Waals surface area contributed by atoms with Crippen LogP contribution in [0.15, 0.2) is 0 Å². The number of hydrogen-bond acceptors (Lipinski definition) is 2. The third-order valence-electron chi connectivity index (χ3n) is 0.902. The molecule has 0 aliphatic rings. The third-order valence-corrected chi connectivity index (χ3v) is 0.902. The second kappa shape index (κ2) is 3.06. The molecule has 52 valence electrons. The first-order chi connectivity index (χ1) is 4.04. The lowest BCUT2D eigenvalue weighted by Gasteiger charge is -1.98. The molecule has 0 amide bonds. The lowest BCUT2D eigenvalue weighted by molar-refractivity contribution is -0.147. The molecule has 4 heteroatoms. The quantitative estimate of drug-likeness (QED) is 0.540. The van der Waals surface area contributed by atoms with E-state index in [0.29, 0.717) is 0 Å². The predicted molar refractivity (Wildman–Crippen MR) is 29.1 cm³/mol. The molecule has 0 aliphatic heterocycles. The van der Waals surface area contributed by atoms with E-state index >= 15 is 0 Å². The van der Waals surface area contributed by atoms with Crippen molar-refractivity contribution in [2.75, 3.05) is 0 Å². The maximum Gasteiger partial charge on any atom is 0.306 e. The lowest BCUT2D eigenvalue weighted by atomic mass is 10.6. The molecule has 2 N–H and O–H groups in total. The number of rotatable bonds is 3. The van der Waals surface area contributed by atoms with Crippen LogP contribution >= 0.6 is 0 Å². The Kier molecular flexibility index (Phi) is 2.70. The maximum absolute atomic E-state index is 9.97. The van der Waals surface area contributed by atoms with Crippen LogP contribution in [0.2, 0.25) is 0 Å². The van der Waals surface area contributed by atoms with Gasteiger partial charge in [0.25, 0.3) is 0 Å².